The van der Waals surface area contributed by atoms with Crippen molar-refractivity contribution in [3.63, 3.8) is 0 Å². The highest BCUT2D eigenvalue weighted by atomic mass is 32.1. The van der Waals surface area contributed by atoms with Crippen LogP contribution in [0.3, 0.4) is 0 Å². The SMILES string of the molecule is C.CCN(CC)c1ccc(C(=O)Cc2nc3ccc4sc(C)nc4c3s2)cc1.Cc1nc2c(cc(C)c3nc(NC(=O)NCCN(C)C)sc32)s1.O=C(NCCN1CCCCC1)Nc1nc2ccc3scnc3c2s1.O=C(Nc1nc2ccc3scnc3c2s1)c1ccc2cc(OCCN3CCCCC3)ccc2c1.O=C(Nc1nc2ccc3scnc3c2s1)c1ccc2ccccc2c1. The summed E-state index contributed by atoms with van der Waals surface area (Å²) in [5, 5.41) is 26.8. The van der Waals surface area contributed by atoms with E-state index in [-0.39, 0.29) is 37.1 Å². The highest BCUT2D eigenvalue weighted by Crippen LogP contribution is 2.41. The molecule has 2 saturated heterocycles. The fourth-order valence-corrected chi connectivity index (χ4v) is 25.1. The number of carbonyl (C=O) groups excluding carboxylic acids is 5. The Kier molecular flexibility index (Phi) is 30.4. The number of thiazole rings is 10. The van der Waals surface area contributed by atoms with Crippen molar-refractivity contribution in [2.75, 3.05) is 119 Å². The number of ketones is 1. The molecule has 686 valence electrons. The molecular formula is C98H98N20O6S10. The number of anilines is 5. The molecule has 6 N–H and O–H groups in total. The molecule has 12 heterocycles. The molecule has 0 unspecified atom stereocenters. The smallest absolute Gasteiger partial charge is 0.321 e. The number of carbonyl (C=O) groups is 5. The van der Waals surface area contributed by atoms with Gasteiger partial charge in [-0.15, -0.1) is 68.0 Å². The fraction of sp³-hybridized carbons (Fsp3) is 0.276. The minimum absolute atomic E-state index is 0. The minimum atomic E-state index is -0.228. The first kappa shape index (κ1) is 94.0. The summed E-state index contributed by atoms with van der Waals surface area (Å²) >= 11 is 15.6. The van der Waals surface area contributed by atoms with Gasteiger partial charge in [-0.05, 0) is 243 Å². The Morgan fingerprint density at radius 2 is 0.866 bits per heavy atom. The highest BCUT2D eigenvalue weighted by Gasteiger charge is 2.23. The molecule has 0 saturated carbocycles. The van der Waals surface area contributed by atoms with Gasteiger partial charge in [0.15, 0.2) is 26.3 Å². The van der Waals surface area contributed by atoms with E-state index in [0.29, 0.717) is 57.8 Å². The lowest BCUT2D eigenvalue weighted by Crippen LogP contribution is -2.39. The number of likely N-dealkylation sites (N-methyl/N-ethyl adjacent to an activating group) is 1. The number of ether oxygens (including phenoxy) is 1. The number of urea groups is 2. The Morgan fingerprint density at radius 1 is 0.410 bits per heavy atom. The molecule has 2 aliphatic heterocycles. The Hall–Kier alpha value is -11.8. The maximum absolute atomic E-state index is 12.9. The van der Waals surface area contributed by atoms with Crippen LogP contribution in [0.15, 0.2) is 174 Å². The first-order valence-corrected chi connectivity index (χ1v) is 52.2. The first-order valence-electron chi connectivity index (χ1n) is 43.9. The zero-order chi connectivity index (χ0) is 91.6. The van der Waals surface area contributed by atoms with E-state index in [1.165, 1.54) is 102 Å². The third-order valence-corrected chi connectivity index (χ3v) is 32.0. The van der Waals surface area contributed by atoms with Gasteiger partial charge < -0.3 is 30.1 Å². The number of aromatic nitrogens is 10. The lowest BCUT2D eigenvalue weighted by Gasteiger charge is -2.26. The van der Waals surface area contributed by atoms with Crippen LogP contribution in [-0.2, 0) is 6.42 Å². The van der Waals surface area contributed by atoms with Crippen molar-refractivity contribution in [3.05, 3.63) is 212 Å². The molecule has 0 aliphatic carbocycles. The standard InChI is InChI=1S/C26H24N4O2S2.C21H21N3OS2.C19H11N3OS2.C16H19N5OS2.C15H19N5OS2.CH4/c31-25(29-26-28-21-8-9-22-23(24(21)34-26)27-16-33-22)19-5-4-18-15-20(7-6-17(18)14-19)32-13-12-30-10-2-1-3-11-30;1-4-24(5-2)15-8-6-14(7-9-15)17(25)12-19-23-16-10-11-18-20(21(16)27-19)22-13(3)26-18;23-18(13-6-5-11-3-1-2-4-12(11)9-13)22-19-21-14-7-8-15-16(17(14)25-19)20-10-24-15;22-15(17-6-9-21-7-2-1-3-8-21)20-16-19-11-4-5-12-13(14(11)24-16)18-10-23-12;1-8-7-10-12(17-9(2)22-10)13-11(8)18-15(23-13)19-14(21)16-5-6-20(3)4;/h4-9,14-16H,1-3,10-13H2,(H,28,29,31);6-11H,4-5,12H2,1-3H3;1-10H,(H,21,22,23);4-5,10H,1-3,6-9H2,(H2,17,19,20,22);7H,5-6H2,1-4H3,(H2,16,18,19,21);1H4. The van der Waals surface area contributed by atoms with E-state index in [9.17, 15) is 24.0 Å². The summed E-state index contributed by atoms with van der Waals surface area (Å²) in [6.07, 6.45) is 8.12. The maximum atomic E-state index is 12.9. The van der Waals surface area contributed by atoms with Gasteiger partial charge in [-0.1, -0.05) is 108 Å². The van der Waals surface area contributed by atoms with E-state index in [1.54, 1.807) is 68.0 Å². The van der Waals surface area contributed by atoms with Gasteiger partial charge in [-0.3, -0.25) is 40.6 Å². The molecule has 0 spiro atoms. The van der Waals surface area contributed by atoms with Gasteiger partial charge >= 0.3 is 12.1 Å². The largest absolute Gasteiger partial charge is 0.492 e. The van der Waals surface area contributed by atoms with Crippen molar-refractivity contribution in [2.24, 2.45) is 0 Å². The first-order chi connectivity index (χ1) is 64.8. The zero-order valence-electron chi connectivity index (χ0n) is 74.0. The van der Waals surface area contributed by atoms with Gasteiger partial charge in [0, 0.05) is 68.2 Å². The number of likely N-dealkylation sites (tertiary alicyclic amines) is 2. The van der Waals surface area contributed by atoms with Gasteiger partial charge in [0.1, 0.15) is 44.9 Å². The number of piperidine rings is 2. The van der Waals surface area contributed by atoms with Crippen LogP contribution in [0.4, 0.5) is 35.8 Å². The van der Waals surface area contributed by atoms with Crippen LogP contribution < -0.4 is 41.5 Å². The zero-order valence-corrected chi connectivity index (χ0v) is 82.1. The predicted octanol–water partition coefficient (Wildman–Crippen LogP) is 24.3. The summed E-state index contributed by atoms with van der Waals surface area (Å²) in [6, 6.07) is 51.1. The number of rotatable bonds is 22. The topological polar surface area (TPSA) is 309 Å². The molecule has 36 heteroatoms. The predicted molar refractivity (Wildman–Crippen MR) is 565 cm³/mol. The van der Waals surface area contributed by atoms with Crippen LogP contribution in [0.2, 0.25) is 0 Å². The second kappa shape index (κ2) is 43.3. The number of hydrogen-bond acceptors (Lipinski definition) is 30. The molecular weight excluding hydrogens is 1870 g/mol. The quantitative estimate of drug-likeness (QED) is 0.0343. The summed E-state index contributed by atoms with van der Waals surface area (Å²) in [7, 11) is 3.94. The molecule has 0 atom stereocenters. The Balaban J connectivity index is 0.000000117. The van der Waals surface area contributed by atoms with Crippen molar-refractivity contribution < 1.29 is 28.7 Å². The minimum Gasteiger partial charge on any atom is -0.492 e. The van der Waals surface area contributed by atoms with Gasteiger partial charge in [-0.25, -0.2) is 59.4 Å². The summed E-state index contributed by atoms with van der Waals surface area (Å²) in [4.78, 5) is 117. The average molecular weight is 1970 g/mol. The van der Waals surface area contributed by atoms with Crippen LogP contribution >= 0.6 is 113 Å². The maximum Gasteiger partial charge on any atom is 0.321 e. The highest BCUT2D eigenvalue weighted by molar-refractivity contribution is 7.26. The van der Waals surface area contributed by atoms with Crippen LogP contribution in [0.5, 0.6) is 5.75 Å². The second-order valence-electron chi connectivity index (χ2n) is 32.2. The van der Waals surface area contributed by atoms with Gasteiger partial charge in [0.25, 0.3) is 11.8 Å². The number of aryl methyl sites for hydroxylation is 3. The van der Waals surface area contributed by atoms with Crippen molar-refractivity contribution in [1.82, 2.24) is 75.2 Å². The van der Waals surface area contributed by atoms with E-state index < -0.39 is 0 Å². The molecule has 2 aliphatic rings. The molecule has 0 radical (unpaired) electrons. The number of nitrogens with zero attached hydrogens (tertiary/aromatic N) is 14. The van der Waals surface area contributed by atoms with Crippen LogP contribution in [0, 0.1) is 20.8 Å². The van der Waals surface area contributed by atoms with Crippen molar-refractivity contribution in [3.8, 4) is 5.75 Å². The molecule has 6 amide bonds. The van der Waals surface area contributed by atoms with E-state index >= 15 is 0 Å². The molecule has 22 rings (SSSR count). The van der Waals surface area contributed by atoms with Gasteiger partial charge in [-0.2, -0.15) is 0 Å². The van der Waals surface area contributed by atoms with E-state index in [1.807, 2.05) is 202 Å². The van der Waals surface area contributed by atoms with E-state index in [2.05, 4.69) is 122 Å². The van der Waals surface area contributed by atoms with E-state index in [0.717, 1.165) is 202 Å². The van der Waals surface area contributed by atoms with E-state index in [4.69, 9.17) is 4.74 Å². The number of benzene rings is 10. The van der Waals surface area contributed by atoms with Gasteiger partial charge in [0.2, 0.25) is 0 Å². The normalized spacial score (nSPS) is 13.0. The number of amides is 6. The number of fused-ring (bicyclic) bond motifs is 17. The Bertz CT molecular complexity index is 7620. The van der Waals surface area contributed by atoms with Crippen LogP contribution in [0.25, 0.3) is 124 Å². The fourth-order valence-electron chi connectivity index (χ4n) is 16.0. The lowest BCUT2D eigenvalue weighted by molar-refractivity contribution is 0.0989. The Morgan fingerprint density at radius 3 is 1.43 bits per heavy atom. The molecule has 134 heavy (non-hydrogen) atoms. The molecule has 10 aromatic heterocycles. The van der Waals surface area contributed by atoms with Crippen LogP contribution in [0.1, 0.15) is 111 Å². The summed E-state index contributed by atoms with van der Waals surface area (Å²) in [5.41, 5.74) is 19.0. The number of nitrogens with one attached hydrogen (secondary N) is 6. The average Bonchev–Trinajstić information content (AvgIpc) is 1.63. The summed E-state index contributed by atoms with van der Waals surface area (Å²) in [5.74, 6) is 0.645. The molecule has 2 fully saturated rings. The monoisotopic (exact) mass is 1970 g/mol. The summed E-state index contributed by atoms with van der Waals surface area (Å²) in [6.45, 7) is 21.5. The van der Waals surface area contributed by atoms with Crippen molar-refractivity contribution in [1.29, 1.82) is 0 Å². The Labute approximate surface area is 813 Å². The number of hydrogen-bond donors (Lipinski definition) is 6. The summed E-state index contributed by atoms with van der Waals surface area (Å²) < 4.78 is 16.9. The number of Topliss-reactive ketones (excluding diaryl/α,β-unsaturated/α-hetero) is 1. The lowest BCUT2D eigenvalue weighted by atomic mass is 10.1. The van der Waals surface area contributed by atoms with Gasteiger partial charge in [0.05, 0.1) is 108 Å². The molecule has 26 nitrogen and oxygen atoms in total. The third kappa shape index (κ3) is 22.4. The molecule has 20 aromatic rings. The molecule has 10 aromatic carbocycles. The second-order valence-corrected chi connectivity index (χ2v) is 42.4. The van der Waals surface area contributed by atoms with Crippen LogP contribution in [-0.4, -0.2) is 187 Å². The third-order valence-electron chi connectivity index (χ3n) is 22.7. The van der Waals surface area contributed by atoms with Crippen molar-refractivity contribution in [2.45, 2.75) is 87.0 Å². The molecule has 0 bridgehead atoms. The van der Waals surface area contributed by atoms with Crippen molar-refractivity contribution >= 4 is 293 Å².